The van der Waals surface area contributed by atoms with Crippen LogP contribution in [0, 0.1) is 27.7 Å². The SMILES string of the molecule is CC(C)(C)c1ccc([O-])c(C(C)(C)C)c1.C[Si](C)=[Zr+2].Cc1cc2c(C)cccc2[cH-]1.Cc1cc2c(C)cccc2[cH-]1.[Cl-]. The van der Waals surface area contributed by atoms with Crippen molar-refractivity contribution >= 4 is 27.0 Å². The number of benzene rings is 3. The number of halogens is 1. The van der Waals surface area contributed by atoms with Crippen LogP contribution in [0.2, 0.25) is 13.1 Å². The van der Waals surface area contributed by atoms with Crippen molar-refractivity contribution in [1.82, 2.24) is 0 Å². The van der Waals surface area contributed by atoms with Crippen molar-refractivity contribution < 1.29 is 40.8 Å². The molecule has 0 fully saturated rings. The van der Waals surface area contributed by atoms with Gasteiger partial charge in [-0.25, -0.2) is 0 Å². The third kappa shape index (κ3) is 11.6. The molecular weight excluding hydrogens is 627 g/mol. The molecule has 4 heteroatoms. The van der Waals surface area contributed by atoms with E-state index in [2.05, 4.69) is 149 Å². The van der Waals surface area contributed by atoms with Gasteiger partial charge in [0.25, 0.3) is 0 Å². The van der Waals surface area contributed by atoms with Gasteiger partial charge in [-0.15, -0.1) is 74.8 Å². The molecule has 0 aromatic heterocycles. The maximum absolute atomic E-state index is 11.7. The minimum Gasteiger partial charge on any atom is -1.00 e. The smallest absolute Gasteiger partial charge is 0.0488 e. The van der Waals surface area contributed by atoms with E-state index in [1.165, 1.54) is 49.4 Å². The Kier molecular flexibility index (Phi) is 14.7. The van der Waals surface area contributed by atoms with Gasteiger partial charge in [0.2, 0.25) is 0 Å². The molecule has 0 amide bonds. The Morgan fingerprint density at radius 2 is 1.05 bits per heavy atom. The molecule has 0 bridgehead atoms. The molecule has 0 saturated heterocycles. The molecule has 5 rings (SSSR count). The summed E-state index contributed by atoms with van der Waals surface area (Å²) in [6, 6.07) is 27.5. The second-order valence-corrected chi connectivity index (χ2v) is 22.8. The van der Waals surface area contributed by atoms with Crippen molar-refractivity contribution in [2.45, 2.75) is 93.2 Å². The van der Waals surface area contributed by atoms with Crippen molar-refractivity contribution in [3.63, 3.8) is 0 Å². The van der Waals surface area contributed by atoms with Crippen molar-refractivity contribution in [1.29, 1.82) is 0 Å². The van der Waals surface area contributed by atoms with Crippen LogP contribution in [0.15, 0.2) is 78.9 Å². The molecule has 0 spiro atoms. The van der Waals surface area contributed by atoms with Crippen LogP contribution in [0.1, 0.15) is 74.9 Å². The van der Waals surface area contributed by atoms with Crippen molar-refractivity contribution in [3.05, 3.63) is 112 Å². The van der Waals surface area contributed by atoms with E-state index in [-0.39, 0.29) is 34.4 Å². The van der Waals surface area contributed by atoms with Gasteiger partial charge in [-0.1, -0.05) is 102 Å². The van der Waals surface area contributed by atoms with Crippen LogP contribution >= 0.6 is 0 Å². The van der Waals surface area contributed by atoms with Gasteiger partial charge in [-0.05, 0) is 30.2 Å². The van der Waals surface area contributed by atoms with Crippen LogP contribution in [0.3, 0.4) is 0 Å². The van der Waals surface area contributed by atoms with E-state index in [4.69, 9.17) is 0 Å². The average molecular weight is 677 g/mol. The molecule has 0 aliphatic rings. The Bertz CT molecular complexity index is 1510. The molecule has 0 saturated carbocycles. The van der Waals surface area contributed by atoms with Gasteiger partial charge in [0.15, 0.2) is 0 Å². The minimum atomic E-state index is -0.0711. The first-order valence-electron chi connectivity index (χ1n) is 14.5. The van der Waals surface area contributed by atoms with Crippen LogP contribution in [-0.2, 0) is 34.2 Å². The molecular formula is C38H49ClOSiZr-2. The first-order chi connectivity index (χ1) is 18.9. The Labute approximate surface area is 277 Å². The fraction of sp³-hybridized carbons (Fsp3) is 0.368. The zero-order valence-electron chi connectivity index (χ0n) is 27.8. The topological polar surface area (TPSA) is 23.1 Å². The molecule has 0 atom stereocenters. The van der Waals surface area contributed by atoms with Gasteiger partial charge in [0, 0.05) is 0 Å². The Morgan fingerprint density at radius 1 is 0.643 bits per heavy atom. The fourth-order valence-corrected chi connectivity index (χ4v) is 4.66. The summed E-state index contributed by atoms with van der Waals surface area (Å²) in [5.41, 5.74) is 7.84. The Hall–Kier alpha value is -1.93. The fourth-order valence-electron chi connectivity index (χ4n) is 4.66. The summed E-state index contributed by atoms with van der Waals surface area (Å²) in [7, 11) is 0. The van der Waals surface area contributed by atoms with Crippen molar-refractivity contribution in [3.8, 4) is 5.75 Å². The summed E-state index contributed by atoms with van der Waals surface area (Å²) in [6.45, 7) is 25.9. The summed E-state index contributed by atoms with van der Waals surface area (Å²) in [6.07, 6.45) is 0. The Balaban J connectivity index is 0.000000296. The number of hydrogen-bond acceptors (Lipinski definition) is 1. The molecule has 1 nitrogen and oxygen atoms in total. The number of fused-ring (bicyclic) bond motifs is 2. The summed E-state index contributed by atoms with van der Waals surface area (Å²) in [4.78, 5) is 0. The molecule has 0 heterocycles. The van der Waals surface area contributed by atoms with E-state index in [1.54, 1.807) is 29.4 Å². The summed E-state index contributed by atoms with van der Waals surface area (Å²) >= 11 is 1.74. The van der Waals surface area contributed by atoms with Crippen LogP contribution in [0.5, 0.6) is 5.75 Å². The minimum absolute atomic E-state index is 0. The summed E-state index contributed by atoms with van der Waals surface area (Å²) < 4.78 is 0. The molecule has 0 aliphatic heterocycles. The van der Waals surface area contributed by atoms with Gasteiger partial charge in [0.05, 0.1) is 0 Å². The summed E-state index contributed by atoms with van der Waals surface area (Å²) in [5.74, 6) is 0.149. The van der Waals surface area contributed by atoms with Gasteiger partial charge >= 0.3 is 41.9 Å². The van der Waals surface area contributed by atoms with Crippen molar-refractivity contribution in [2.75, 3.05) is 0 Å². The predicted octanol–water partition coefficient (Wildman–Crippen LogP) is 7.49. The zero-order chi connectivity index (χ0) is 31.1. The first-order valence-corrected chi connectivity index (χ1v) is 20.7. The zero-order valence-corrected chi connectivity index (χ0v) is 32.0. The molecule has 0 radical (unpaired) electrons. The van der Waals surface area contributed by atoms with E-state index < -0.39 is 0 Å². The third-order valence-electron chi connectivity index (χ3n) is 6.88. The van der Waals surface area contributed by atoms with E-state index in [1.807, 2.05) is 6.07 Å². The number of rotatable bonds is 0. The maximum Gasteiger partial charge on any atom is -0.0488 e. The monoisotopic (exact) mass is 674 g/mol. The summed E-state index contributed by atoms with van der Waals surface area (Å²) in [5, 5.41) is 17.3. The maximum atomic E-state index is 11.7. The van der Waals surface area contributed by atoms with E-state index in [0.29, 0.717) is 0 Å². The molecule has 0 N–H and O–H groups in total. The first kappa shape index (κ1) is 38.1. The van der Waals surface area contributed by atoms with Crippen LogP contribution < -0.4 is 17.5 Å². The standard InChI is InChI=1S/C14H22O.2C11H11.C2H6Si.ClH.Zr/c1-13(2,3)10-7-8-12(15)11(9-10)14(4,5)6;2*1-8-6-10-5-3-4-9(2)11(10)7-8;1-3-2;;/h7-9,15H,1-6H3;2*3-7H,1-2H3;1-2H3;1H;/q;2*-1;;;+2/p-2. The Morgan fingerprint density at radius 3 is 1.38 bits per heavy atom. The molecule has 224 valence electrons. The van der Waals surface area contributed by atoms with E-state index >= 15 is 0 Å². The average Bonchev–Trinajstić information content (AvgIpc) is 3.41. The van der Waals surface area contributed by atoms with Gasteiger partial charge in [0.1, 0.15) is 0 Å². The van der Waals surface area contributed by atoms with Crippen LogP contribution in [0.4, 0.5) is 0 Å². The second kappa shape index (κ2) is 16.2. The van der Waals surface area contributed by atoms with Gasteiger partial charge < -0.3 is 17.5 Å². The molecule has 0 aliphatic carbocycles. The third-order valence-corrected chi connectivity index (χ3v) is 6.88. The number of aryl methyl sites for hydroxylation is 4. The number of hydrogen-bond donors (Lipinski definition) is 0. The van der Waals surface area contributed by atoms with E-state index in [9.17, 15) is 5.11 Å². The molecule has 5 aromatic carbocycles. The normalized spacial score (nSPS) is 10.9. The predicted molar refractivity (Wildman–Crippen MR) is 179 cm³/mol. The van der Waals surface area contributed by atoms with Gasteiger partial charge in [-0.2, -0.15) is 12.1 Å². The molecule has 5 aromatic rings. The van der Waals surface area contributed by atoms with E-state index in [0.717, 1.165) is 5.56 Å². The molecule has 0 unspecified atom stereocenters. The van der Waals surface area contributed by atoms with Gasteiger partial charge in [-0.3, -0.25) is 0 Å². The molecule has 42 heavy (non-hydrogen) atoms. The quantitative estimate of drug-likeness (QED) is 0.123. The van der Waals surface area contributed by atoms with Crippen molar-refractivity contribution in [2.24, 2.45) is 0 Å². The van der Waals surface area contributed by atoms with Crippen LogP contribution in [0.25, 0.3) is 21.5 Å². The second-order valence-electron chi connectivity index (χ2n) is 13.4. The largest absolute Gasteiger partial charge is 1.00 e. The van der Waals surface area contributed by atoms with Crippen LogP contribution in [-0.4, -0.2) is 5.43 Å².